The summed E-state index contributed by atoms with van der Waals surface area (Å²) in [6, 6.07) is 6.90. The lowest BCUT2D eigenvalue weighted by Gasteiger charge is -2.22. The maximum Gasteiger partial charge on any atom is 0.433 e. The second kappa shape index (κ2) is 6.34. The Kier molecular flexibility index (Phi) is 4.36. The highest BCUT2D eigenvalue weighted by Crippen LogP contribution is 2.33. The number of aromatic nitrogens is 2. The third kappa shape index (κ3) is 3.57. The second-order valence-corrected chi connectivity index (χ2v) is 5.99. The minimum absolute atomic E-state index is 0.119. The van der Waals surface area contributed by atoms with Gasteiger partial charge < -0.3 is 10.0 Å². The van der Waals surface area contributed by atoms with Gasteiger partial charge >= 0.3 is 12.1 Å². The van der Waals surface area contributed by atoms with Crippen molar-refractivity contribution >= 4 is 11.9 Å². The Balaban J connectivity index is 2.10. The summed E-state index contributed by atoms with van der Waals surface area (Å²) in [6.45, 7) is 2.18. The number of benzene rings is 1. The lowest BCUT2D eigenvalue weighted by Crippen LogP contribution is -2.37. The second-order valence-electron chi connectivity index (χ2n) is 5.99. The van der Waals surface area contributed by atoms with Crippen molar-refractivity contribution in [2.75, 3.05) is 11.4 Å². The van der Waals surface area contributed by atoms with Crippen molar-refractivity contribution in [3.63, 3.8) is 0 Å². The lowest BCUT2D eigenvalue weighted by molar-refractivity contribution is -0.141. The summed E-state index contributed by atoms with van der Waals surface area (Å²) in [4.78, 5) is 20.5. The molecule has 1 atom stereocenters. The van der Waals surface area contributed by atoms with Crippen LogP contribution in [0.1, 0.15) is 24.1 Å². The van der Waals surface area contributed by atoms with Crippen LogP contribution in [0, 0.1) is 6.92 Å². The SMILES string of the molecule is Cc1ccc(-c2cc(C(F)(F)F)nc(N3CCC[C@H]3C(=O)O)n2)cc1. The largest absolute Gasteiger partial charge is 0.480 e. The zero-order chi connectivity index (χ0) is 18.2. The van der Waals surface area contributed by atoms with Crippen molar-refractivity contribution < 1.29 is 23.1 Å². The van der Waals surface area contributed by atoms with Crippen LogP contribution in [0.15, 0.2) is 30.3 Å². The molecule has 0 spiro atoms. The molecule has 5 nitrogen and oxygen atoms in total. The molecule has 1 aromatic heterocycles. The van der Waals surface area contributed by atoms with E-state index in [1.165, 1.54) is 4.90 Å². The van der Waals surface area contributed by atoms with Crippen molar-refractivity contribution in [2.45, 2.75) is 32.0 Å². The van der Waals surface area contributed by atoms with Crippen molar-refractivity contribution in [2.24, 2.45) is 0 Å². The molecule has 1 saturated heterocycles. The third-order valence-electron chi connectivity index (χ3n) is 4.15. The minimum atomic E-state index is -4.64. The van der Waals surface area contributed by atoms with Crippen molar-refractivity contribution in [1.82, 2.24) is 9.97 Å². The topological polar surface area (TPSA) is 66.3 Å². The van der Waals surface area contributed by atoms with Crippen LogP contribution in [0.4, 0.5) is 19.1 Å². The van der Waals surface area contributed by atoms with E-state index in [0.717, 1.165) is 11.6 Å². The number of nitrogens with zero attached hydrogens (tertiary/aromatic N) is 3. The molecule has 8 heteroatoms. The van der Waals surface area contributed by atoms with E-state index in [1.54, 1.807) is 24.3 Å². The highest BCUT2D eigenvalue weighted by molar-refractivity contribution is 5.78. The van der Waals surface area contributed by atoms with E-state index in [9.17, 15) is 23.1 Å². The molecule has 1 aromatic carbocycles. The van der Waals surface area contributed by atoms with Gasteiger partial charge in [-0.05, 0) is 25.8 Å². The fourth-order valence-electron chi connectivity index (χ4n) is 2.84. The Morgan fingerprint density at radius 3 is 2.52 bits per heavy atom. The number of anilines is 1. The van der Waals surface area contributed by atoms with Crippen LogP contribution in [-0.2, 0) is 11.0 Å². The standard InChI is InChI=1S/C17H16F3N3O2/c1-10-4-6-11(7-5-10)12-9-14(17(18,19)20)22-16(21-12)23-8-2-3-13(23)15(24)25/h4-7,9,13H,2-3,8H2,1H3,(H,24,25)/t13-/m0/s1. The summed E-state index contributed by atoms with van der Waals surface area (Å²) in [5.41, 5.74) is 0.530. The molecule has 2 heterocycles. The predicted octanol–water partition coefficient (Wildman–Crippen LogP) is 3.52. The Bertz CT molecular complexity index is 791. The van der Waals surface area contributed by atoms with Gasteiger partial charge in [0.2, 0.25) is 5.95 Å². The van der Waals surface area contributed by atoms with E-state index >= 15 is 0 Å². The van der Waals surface area contributed by atoms with E-state index in [2.05, 4.69) is 9.97 Å². The van der Waals surface area contributed by atoms with Crippen LogP contribution in [0.25, 0.3) is 11.3 Å². The molecule has 1 aliphatic rings. The number of hydrogen-bond acceptors (Lipinski definition) is 4. The molecule has 0 aliphatic carbocycles. The molecule has 0 radical (unpaired) electrons. The van der Waals surface area contributed by atoms with Crippen LogP contribution in [0.5, 0.6) is 0 Å². The molecular weight excluding hydrogens is 335 g/mol. The molecule has 0 amide bonds. The van der Waals surface area contributed by atoms with Gasteiger partial charge in [-0.2, -0.15) is 13.2 Å². The quantitative estimate of drug-likeness (QED) is 0.916. The first-order valence-corrected chi connectivity index (χ1v) is 7.78. The number of aliphatic carboxylic acids is 1. The molecule has 1 fully saturated rings. The van der Waals surface area contributed by atoms with Gasteiger partial charge in [-0.1, -0.05) is 29.8 Å². The summed E-state index contributed by atoms with van der Waals surface area (Å²) in [6.07, 6.45) is -3.72. The van der Waals surface area contributed by atoms with Gasteiger partial charge in [0.15, 0.2) is 5.69 Å². The fraction of sp³-hybridized carbons (Fsp3) is 0.353. The molecule has 1 aliphatic heterocycles. The average molecular weight is 351 g/mol. The summed E-state index contributed by atoms with van der Waals surface area (Å²) in [5, 5.41) is 9.27. The summed E-state index contributed by atoms with van der Waals surface area (Å²) in [5.74, 6) is -1.29. The van der Waals surface area contributed by atoms with Crippen LogP contribution < -0.4 is 4.90 Å². The Labute approximate surface area is 142 Å². The maximum atomic E-state index is 13.2. The maximum absolute atomic E-state index is 13.2. The molecule has 3 rings (SSSR count). The zero-order valence-corrected chi connectivity index (χ0v) is 13.4. The Hall–Kier alpha value is -2.64. The summed E-state index contributed by atoms with van der Waals surface area (Å²) < 4.78 is 39.7. The highest BCUT2D eigenvalue weighted by Gasteiger charge is 2.37. The van der Waals surface area contributed by atoms with Gasteiger partial charge in [-0.3, -0.25) is 0 Å². The molecule has 2 aromatic rings. The first kappa shape index (κ1) is 17.2. The summed E-state index contributed by atoms with van der Waals surface area (Å²) >= 11 is 0. The van der Waals surface area contributed by atoms with Crippen molar-refractivity contribution in [3.05, 3.63) is 41.6 Å². The van der Waals surface area contributed by atoms with Gasteiger partial charge in [-0.15, -0.1) is 0 Å². The minimum Gasteiger partial charge on any atom is -0.480 e. The fourth-order valence-corrected chi connectivity index (χ4v) is 2.84. The van der Waals surface area contributed by atoms with E-state index in [-0.39, 0.29) is 11.6 Å². The number of carboxylic acid groups (broad SMARTS) is 1. The molecule has 1 N–H and O–H groups in total. The number of rotatable bonds is 3. The number of carboxylic acids is 1. The van der Waals surface area contributed by atoms with Gasteiger partial charge in [0.1, 0.15) is 6.04 Å². The van der Waals surface area contributed by atoms with Crippen LogP contribution in [0.2, 0.25) is 0 Å². The third-order valence-corrected chi connectivity index (χ3v) is 4.15. The van der Waals surface area contributed by atoms with Crippen LogP contribution in [0.3, 0.4) is 0 Å². The number of hydrogen-bond donors (Lipinski definition) is 1. The van der Waals surface area contributed by atoms with E-state index < -0.39 is 23.9 Å². The monoisotopic (exact) mass is 351 g/mol. The normalized spacial score (nSPS) is 17.8. The number of alkyl halides is 3. The smallest absolute Gasteiger partial charge is 0.433 e. The average Bonchev–Trinajstić information content (AvgIpc) is 3.04. The van der Waals surface area contributed by atoms with Gasteiger partial charge in [0, 0.05) is 12.1 Å². The molecule has 25 heavy (non-hydrogen) atoms. The van der Waals surface area contributed by atoms with Gasteiger partial charge in [-0.25, -0.2) is 14.8 Å². The van der Waals surface area contributed by atoms with Gasteiger partial charge in [0.25, 0.3) is 0 Å². The molecule has 0 unspecified atom stereocenters. The Morgan fingerprint density at radius 2 is 1.92 bits per heavy atom. The van der Waals surface area contributed by atoms with Gasteiger partial charge in [0.05, 0.1) is 5.69 Å². The number of aryl methyl sites for hydroxylation is 1. The van der Waals surface area contributed by atoms with E-state index in [1.807, 2.05) is 6.92 Å². The molecule has 132 valence electrons. The van der Waals surface area contributed by atoms with Crippen molar-refractivity contribution in [1.29, 1.82) is 0 Å². The van der Waals surface area contributed by atoms with Crippen molar-refractivity contribution in [3.8, 4) is 11.3 Å². The van der Waals surface area contributed by atoms with E-state index in [4.69, 9.17) is 0 Å². The number of halogens is 3. The lowest BCUT2D eigenvalue weighted by atomic mass is 10.1. The highest BCUT2D eigenvalue weighted by atomic mass is 19.4. The number of carbonyl (C=O) groups is 1. The Morgan fingerprint density at radius 1 is 1.24 bits per heavy atom. The summed E-state index contributed by atoms with van der Waals surface area (Å²) in [7, 11) is 0. The molecular formula is C17H16F3N3O2. The predicted molar refractivity (Wildman–Crippen MR) is 85.2 cm³/mol. The van der Waals surface area contributed by atoms with Crippen LogP contribution >= 0.6 is 0 Å². The first-order chi connectivity index (χ1) is 11.8. The first-order valence-electron chi connectivity index (χ1n) is 7.78. The zero-order valence-electron chi connectivity index (χ0n) is 13.4. The molecule has 0 saturated carbocycles. The molecule has 0 bridgehead atoms. The van der Waals surface area contributed by atoms with Crippen LogP contribution in [-0.4, -0.2) is 33.6 Å². The van der Waals surface area contributed by atoms with E-state index in [0.29, 0.717) is 24.9 Å².